The molecule has 0 N–H and O–H groups in total. The molecule has 0 amide bonds. The maximum atomic E-state index is 2.49. The fourth-order valence-electron chi connectivity index (χ4n) is 5.00. The van der Waals surface area contributed by atoms with Crippen molar-refractivity contribution in [3.05, 3.63) is 84.2 Å². The Balaban J connectivity index is 0.000000321. The third kappa shape index (κ3) is 7.99. The van der Waals surface area contributed by atoms with Gasteiger partial charge in [-0.3, -0.25) is 0 Å². The third-order valence-electron chi connectivity index (χ3n) is 6.87. The molecule has 0 aromatic heterocycles. The molecule has 4 aliphatic rings. The smallest absolute Gasteiger partial charge is 0.147 e. The Hall–Kier alpha value is -0.0197. The summed E-state index contributed by atoms with van der Waals surface area (Å²) in [6.07, 6.45) is 23.8. The number of hydrogen-bond donors (Lipinski definition) is 0. The summed E-state index contributed by atoms with van der Waals surface area (Å²) in [5.74, 6) is 0. The van der Waals surface area contributed by atoms with Gasteiger partial charge in [-0.15, -0.1) is 24.8 Å². The Morgan fingerprint density at radius 3 is 1.15 bits per heavy atom. The van der Waals surface area contributed by atoms with Gasteiger partial charge in [-0.1, -0.05) is 0 Å². The van der Waals surface area contributed by atoms with Crippen molar-refractivity contribution in [2.45, 2.75) is 81.1 Å². The summed E-state index contributed by atoms with van der Waals surface area (Å²) in [6.45, 7) is 18.5. The Bertz CT molecular complexity index is 1030. The van der Waals surface area contributed by atoms with Gasteiger partial charge in [-0.25, -0.2) is 0 Å². The summed E-state index contributed by atoms with van der Waals surface area (Å²) in [7, 11) is 0. The standard InChI is InChI=1S/2C7H9.2C5H5.2C3H6.2ClH.2Hf/c2*1-6-4-3-5-7(6)2;2*1-2-4-5-3-1;2*1-3-2;;;;/h2*4H,5H2,1-2H3;2*1-3H,4H2;2*1-2H3;2*1H;;. The molecule has 184 valence electrons. The van der Waals surface area contributed by atoms with E-state index in [0.29, 0.717) is 0 Å². The minimum atomic E-state index is -1.77. The van der Waals surface area contributed by atoms with Crippen LogP contribution in [0.25, 0.3) is 0 Å². The van der Waals surface area contributed by atoms with Crippen LogP contribution in [0.2, 0.25) is 0 Å². The number of allylic oxidation sites excluding steroid dienone is 16. The normalized spacial score (nSPS) is 17.9. The van der Waals surface area contributed by atoms with E-state index in [4.69, 9.17) is 0 Å². The zero-order chi connectivity index (χ0) is 23.4. The summed E-state index contributed by atoms with van der Waals surface area (Å²) in [5, 5.41) is 0. The van der Waals surface area contributed by atoms with Gasteiger partial charge in [-0.2, -0.15) is 0 Å². The van der Waals surface area contributed by atoms with Crippen molar-refractivity contribution in [1.82, 2.24) is 0 Å². The van der Waals surface area contributed by atoms with Gasteiger partial charge in [0.1, 0.15) is 0 Å². The van der Waals surface area contributed by atoms with E-state index < -0.39 is 41.9 Å². The van der Waals surface area contributed by atoms with Crippen LogP contribution in [0.4, 0.5) is 0 Å². The largest absolute Gasteiger partial charge is 0.147 e. The van der Waals surface area contributed by atoms with Crippen LogP contribution in [0.3, 0.4) is 0 Å². The maximum Gasteiger partial charge on any atom is -0.147 e. The van der Waals surface area contributed by atoms with Gasteiger partial charge in [0.05, 0.1) is 0 Å². The topological polar surface area (TPSA) is 0 Å². The molecule has 0 heterocycles. The van der Waals surface area contributed by atoms with E-state index >= 15 is 0 Å². The molecule has 0 saturated carbocycles. The third-order valence-corrected chi connectivity index (χ3v) is 28.3. The van der Waals surface area contributed by atoms with Crippen LogP contribution >= 0.6 is 24.8 Å². The van der Waals surface area contributed by atoms with Crippen molar-refractivity contribution in [2.24, 2.45) is 0 Å². The molecule has 0 atom stereocenters. The van der Waals surface area contributed by atoms with Gasteiger partial charge in [-0.05, 0) is 0 Å². The molecule has 0 fully saturated rings. The van der Waals surface area contributed by atoms with Crippen molar-refractivity contribution in [2.75, 3.05) is 0 Å². The summed E-state index contributed by atoms with van der Waals surface area (Å²) in [5.41, 5.74) is 6.21. The average molecular weight is 831 g/mol. The molecule has 0 bridgehead atoms. The van der Waals surface area contributed by atoms with Crippen LogP contribution in [0.5, 0.6) is 0 Å². The predicted molar refractivity (Wildman–Crippen MR) is 153 cm³/mol. The quantitative estimate of drug-likeness (QED) is 0.248. The zero-order valence-electron chi connectivity index (χ0n) is 22.3. The van der Waals surface area contributed by atoms with Crippen molar-refractivity contribution in [1.29, 1.82) is 0 Å². The van der Waals surface area contributed by atoms with E-state index in [1.54, 1.807) is 31.0 Å². The first-order valence-corrected chi connectivity index (χ1v) is 22.8. The SMILES string of the molecule is CC1=C(C)C[C]([Hf]([C]2=CC=CC2)=[C](C)C)=C1.CC1=C(C)C[C]([Hf]([C]2=CC=CC2)=[C](C)C)=C1.Cl.Cl. The van der Waals surface area contributed by atoms with E-state index in [-0.39, 0.29) is 24.8 Å². The molecular weight excluding hydrogens is 788 g/mol. The van der Waals surface area contributed by atoms with Gasteiger partial charge in [0.25, 0.3) is 0 Å². The van der Waals surface area contributed by atoms with E-state index in [2.05, 4.69) is 104 Å². The minimum absolute atomic E-state index is 0. The predicted octanol–water partition coefficient (Wildman–Crippen LogP) is 9.41. The Labute approximate surface area is 236 Å². The van der Waals surface area contributed by atoms with E-state index in [1.807, 2.05) is 0 Å². The van der Waals surface area contributed by atoms with Gasteiger partial charge >= 0.3 is 214 Å². The first kappa shape index (κ1) is 32.0. The van der Waals surface area contributed by atoms with Crippen molar-refractivity contribution in [3.63, 3.8) is 0 Å². The summed E-state index contributed by atoms with van der Waals surface area (Å²) >= 11 is -3.54. The van der Waals surface area contributed by atoms with Gasteiger partial charge in [0, 0.05) is 0 Å². The van der Waals surface area contributed by atoms with Gasteiger partial charge in [0.15, 0.2) is 0 Å². The first-order valence-electron chi connectivity index (χ1n) is 12.0. The fraction of sp³-hybridized carbons (Fsp3) is 0.400. The molecule has 0 radical (unpaired) electrons. The summed E-state index contributed by atoms with van der Waals surface area (Å²) < 4.78 is 10.6. The molecule has 0 aliphatic heterocycles. The Morgan fingerprint density at radius 2 is 0.941 bits per heavy atom. The van der Waals surface area contributed by atoms with E-state index in [9.17, 15) is 0 Å². The van der Waals surface area contributed by atoms with Gasteiger partial charge in [0.2, 0.25) is 0 Å². The zero-order valence-corrected chi connectivity index (χ0v) is 31.1. The fourth-order valence-corrected chi connectivity index (χ4v) is 27.2. The van der Waals surface area contributed by atoms with Crippen LogP contribution in [0, 0.1) is 0 Å². The van der Waals surface area contributed by atoms with Crippen LogP contribution in [-0.2, 0) is 41.9 Å². The van der Waals surface area contributed by atoms with E-state index in [0.717, 1.165) is 0 Å². The second kappa shape index (κ2) is 14.7. The number of halogens is 2. The molecular formula is C30H42Cl2Hf2. The second-order valence-corrected chi connectivity index (χ2v) is 31.8. The summed E-state index contributed by atoms with van der Waals surface area (Å²) in [6, 6.07) is 0. The molecule has 0 aromatic rings. The molecule has 34 heavy (non-hydrogen) atoms. The van der Waals surface area contributed by atoms with Crippen molar-refractivity contribution < 1.29 is 41.9 Å². The van der Waals surface area contributed by atoms with Crippen LogP contribution < -0.4 is 0 Å². The van der Waals surface area contributed by atoms with Crippen molar-refractivity contribution in [3.8, 4) is 0 Å². The monoisotopic (exact) mass is 832 g/mol. The Kier molecular flexibility index (Phi) is 13.8. The average Bonchev–Trinajstić information content (AvgIpc) is 3.50. The molecule has 4 aliphatic carbocycles. The van der Waals surface area contributed by atoms with Crippen LogP contribution in [-0.4, -0.2) is 6.51 Å². The number of rotatable bonds is 4. The second-order valence-electron chi connectivity index (χ2n) is 10.0. The molecule has 0 aromatic carbocycles. The van der Waals surface area contributed by atoms with Crippen molar-refractivity contribution >= 4 is 31.3 Å². The van der Waals surface area contributed by atoms with Crippen LogP contribution in [0.1, 0.15) is 81.1 Å². The molecule has 4 rings (SSSR count). The number of hydrogen-bond acceptors (Lipinski definition) is 0. The minimum Gasteiger partial charge on any atom is -0.147 e. The molecule has 0 saturated heterocycles. The maximum absolute atomic E-state index is 2.49. The molecule has 0 unspecified atom stereocenters. The molecule has 0 spiro atoms. The molecule has 0 nitrogen and oxygen atoms in total. The van der Waals surface area contributed by atoms with Crippen LogP contribution in [0.15, 0.2) is 84.2 Å². The van der Waals surface area contributed by atoms with E-state index in [1.165, 1.54) is 36.8 Å². The van der Waals surface area contributed by atoms with Gasteiger partial charge < -0.3 is 0 Å². The summed E-state index contributed by atoms with van der Waals surface area (Å²) in [4.78, 5) is 0. The first-order chi connectivity index (χ1) is 15.2. The molecule has 4 heteroatoms. The Morgan fingerprint density at radius 1 is 0.588 bits per heavy atom.